The fraction of sp³-hybridized carbons (Fsp3) is 0.333. The molecule has 1 unspecified atom stereocenters. The number of rotatable bonds is 6. The summed E-state index contributed by atoms with van der Waals surface area (Å²) in [7, 11) is 0. The first-order valence-electron chi connectivity index (χ1n) is 12.8. The Morgan fingerprint density at radius 3 is 2.59 bits per heavy atom. The third-order valence-electron chi connectivity index (χ3n) is 7.15. The first kappa shape index (κ1) is 23.4. The SMILES string of the molecule is CC(C)(C)c1ccc(OCCn2c(C3CC(=O)N(c4ccc5c(c4)OCO5)C3)nc3ccccc32)cc1. The lowest BCUT2D eigenvalue weighted by Crippen LogP contribution is -2.24. The smallest absolute Gasteiger partial charge is 0.231 e. The van der Waals surface area contributed by atoms with Crippen molar-refractivity contribution in [1.29, 1.82) is 0 Å². The second kappa shape index (κ2) is 9.14. The molecule has 190 valence electrons. The number of carbonyl (C=O) groups is 1. The molecule has 4 aromatic rings. The molecular formula is C30H31N3O4. The molecule has 2 aliphatic heterocycles. The van der Waals surface area contributed by atoms with Crippen LogP contribution in [0.5, 0.6) is 17.2 Å². The Morgan fingerprint density at radius 2 is 1.78 bits per heavy atom. The second-order valence-electron chi connectivity index (χ2n) is 10.7. The Morgan fingerprint density at radius 1 is 1.00 bits per heavy atom. The van der Waals surface area contributed by atoms with Gasteiger partial charge in [0.05, 0.1) is 17.6 Å². The number of ether oxygens (including phenoxy) is 3. The van der Waals surface area contributed by atoms with Crippen LogP contribution in [0.4, 0.5) is 5.69 Å². The Bertz CT molecular complexity index is 1450. The van der Waals surface area contributed by atoms with E-state index in [0.29, 0.717) is 37.6 Å². The maximum Gasteiger partial charge on any atom is 0.231 e. The summed E-state index contributed by atoms with van der Waals surface area (Å²) in [5.74, 6) is 3.22. The van der Waals surface area contributed by atoms with Gasteiger partial charge in [0, 0.05) is 30.6 Å². The molecule has 0 saturated carbocycles. The normalized spacial score (nSPS) is 17.1. The van der Waals surface area contributed by atoms with Crippen molar-refractivity contribution in [2.75, 3.05) is 24.8 Å². The summed E-state index contributed by atoms with van der Waals surface area (Å²) in [6.07, 6.45) is 0.410. The molecule has 0 radical (unpaired) electrons. The van der Waals surface area contributed by atoms with Gasteiger partial charge >= 0.3 is 0 Å². The van der Waals surface area contributed by atoms with Gasteiger partial charge in [0.1, 0.15) is 18.2 Å². The monoisotopic (exact) mass is 497 g/mol. The van der Waals surface area contributed by atoms with Crippen molar-refractivity contribution in [3.63, 3.8) is 0 Å². The van der Waals surface area contributed by atoms with E-state index in [9.17, 15) is 4.79 Å². The average Bonchev–Trinajstić information content (AvgIpc) is 3.60. The van der Waals surface area contributed by atoms with Gasteiger partial charge in [-0.25, -0.2) is 4.98 Å². The maximum atomic E-state index is 13.1. The zero-order chi connectivity index (χ0) is 25.6. The van der Waals surface area contributed by atoms with Gasteiger partial charge in [-0.05, 0) is 47.4 Å². The summed E-state index contributed by atoms with van der Waals surface area (Å²) in [6, 6.07) is 22.1. The molecular weight excluding hydrogens is 466 g/mol. The summed E-state index contributed by atoms with van der Waals surface area (Å²) < 4.78 is 19.3. The van der Waals surface area contributed by atoms with E-state index in [2.05, 4.69) is 43.5 Å². The molecule has 1 atom stereocenters. The van der Waals surface area contributed by atoms with Gasteiger partial charge < -0.3 is 23.7 Å². The van der Waals surface area contributed by atoms with Crippen LogP contribution < -0.4 is 19.1 Å². The van der Waals surface area contributed by atoms with Gasteiger partial charge in [-0.1, -0.05) is 45.0 Å². The van der Waals surface area contributed by atoms with Crippen LogP contribution in [0.2, 0.25) is 0 Å². The molecule has 0 aliphatic carbocycles. The molecule has 3 heterocycles. The minimum Gasteiger partial charge on any atom is -0.492 e. The highest BCUT2D eigenvalue weighted by Crippen LogP contribution is 2.39. The molecule has 1 fully saturated rings. The van der Waals surface area contributed by atoms with Crippen molar-refractivity contribution in [2.45, 2.75) is 45.1 Å². The lowest BCUT2D eigenvalue weighted by Gasteiger charge is -2.19. The van der Waals surface area contributed by atoms with E-state index in [4.69, 9.17) is 19.2 Å². The highest BCUT2D eigenvalue weighted by molar-refractivity contribution is 5.97. The van der Waals surface area contributed by atoms with Crippen LogP contribution in [0.15, 0.2) is 66.7 Å². The van der Waals surface area contributed by atoms with Gasteiger partial charge in [0.25, 0.3) is 0 Å². The number of hydrogen-bond donors (Lipinski definition) is 0. The van der Waals surface area contributed by atoms with E-state index in [1.807, 2.05) is 53.4 Å². The lowest BCUT2D eigenvalue weighted by molar-refractivity contribution is -0.117. The predicted molar refractivity (Wildman–Crippen MR) is 143 cm³/mol. The standard InChI is InChI=1S/C30H31N3O4/c1-30(2,3)21-8-11-23(12-9-21)35-15-14-32-25-7-5-4-6-24(25)31-29(32)20-16-28(34)33(18-20)22-10-13-26-27(17-22)37-19-36-26/h4-13,17,20H,14-16,18-19H2,1-3H3. The Balaban J connectivity index is 1.21. The first-order valence-corrected chi connectivity index (χ1v) is 12.8. The molecule has 1 aromatic heterocycles. The quantitative estimate of drug-likeness (QED) is 0.344. The van der Waals surface area contributed by atoms with Gasteiger partial charge in [0.15, 0.2) is 11.5 Å². The first-order chi connectivity index (χ1) is 17.9. The van der Waals surface area contributed by atoms with E-state index < -0.39 is 0 Å². The summed E-state index contributed by atoms with van der Waals surface area (Å²) in [6.45, 7) is 8.54. The van der Waals surface area contributed by atoms with Gasteiger partial charge in [-0.2, -0.15) is 0 Å². The molecule has 1 amide bonds. The molecule has 7 nitrogen and oxygen atoms in total. The Hall–Kier alpha value is -4.00. The zero-order valence-corrected chi connectivity index (χ0v) is 21.4. The van der Waals surface area contributed by atoms with Crippen LogP contribution >= 0.6 is 0 Å². The molecule has 3 aromatic carbocycles. The number of para-hydroxylation sites is 2. The summed E-state index contributed by atoms with van der Waals surface area (Å²) >= 11 is 0. The number of nitrogens with zero attached hydrogens (tertiary/aromatic N) is 3. The fourth-order valence-corrected chi connectivity index (χ4v) is 5.13. The largest absolute Gasteiger partial charge is 0.492 e. The van der Waals surface area contributed by atoms with Crippen LogP contribution in [0.1, 0.15) is 44.5 Å². The summed E-state index contributed by atoms with van der Waals surface area (Å²) in [5.41, 5.74) is 4.19. The van der Waals surface area contributed by atoms with E-state index >= 15 is 0 Å². The van der Waals surface area contributed by atoms with Gasteiger partial charge in [-0.15, -0.1) is 0 Å². The molecule has 37 heavy (non-hydrogen) atoms. The molecule has 7 heteroatoms. The van der Waals surface area contributed by atoms with Crippen molar-refractivity contribution in [3.8, 4) is 17.2 Å². The van der Waals surface area contributed by atoms with E-state index in [1.165, 1.54) is 5.56 Å². The maximum absolute atomic E-state index is 13.1. The zero-order valence-electron chi connectivity index (χ0n) is 21.4. The number of hydrogen-bond acceptors (Lipinski definition) is 5. The number of fused-ring (bicyclic) bond motifs is 2. The lowest BCUT2D eigenvalue weighted by atomic mass is 9.87. The highest BCUT2D eigenvalue weighted by Gasteiger charge is 2.35. The third kappa shape index (κ3) is 4.50. The van der Waals surface area contributed by atoms with Crippen molar-refractivity contribution < 1.29 is 19.0 Å². The number of carbonyl (C=O) groups excluding carboxylic acids is 1. The predicted octanol–water partition coefficient (Wildman–Crippen LogP) is 5.66. The Labute approximate surface area is 216 Å². The molecule has 0 N–H and O–H groups in total. The number of benzene rings is 3. The van der Waals surface area contributed by atoms with E-state index in [0.717, 1.165) is 28.3 Å². The number of aromatic nitrogens is 2. The molecule has 0 bridgehead atoms. The minimum atomic E-state index is -0.0172. The minimum absolute atomic E-state index is 0.0172. The van der Waals surface area contributed by atoms with Crippen molar-refractivity contribution in [3.05, 3.63) is 78.1 Å². The van der Waals surface area contributed by atoms with E-state index in [1.54, 1.807) is 0 Å². The van der Waals surface area contributed by atoms with Gasteiger partial charge in [-0.3, -0.25) is 4.79 Å². The van der Waals surface area contributed by atoms with Crippen LogP contribution in [-0.2, 0) is 16.8 Å². The highest BCUT2D eigenvalue weighted by atomic mass is 16.7. The van der Waals surface area contributed by atoms with Gasteiger partial charge in [0.2, 0.25) is 12.7 Å². The molecule has 0 spiro atoms. The number of imidazole rings is 1. The summed E-state index contributed by atoms with van der Waals surface area (Å²) in [5, 5.41) is 0. The van der Waals surface area contributed by atoms with Crippen LogP contribution in [0.25, 0.3) is 11.0 Å². The number of anilines is 1. The number of amides is 1. The Kier molecular flexibility index (Phi) is 5.78. The van der Waals surface area contributed by atoms with Crippen molar-refractivity contribution >= 4 is 22.6 Å². The average molecular weight is 498 g/mol. The van der Waals surface area contributed by atoms with E-state index in [-0.39, 0.29) is 24.0 Å². The third-order valence-corrected chi connectivity index (χ3v) is 7.15. The molecule has 1 saturated heterocycles. The van der Waals surface area contributed by atoms with Crippen LogP contribution in [0, 0.1) is 0 Å². The van der Waals surface area contributed by atoms with Crippen molar-refractivity contribution in [1.82, 2.24) is 9.55 Å². The van der Waals surface area contributed by atoms with Crippen molar-refractivity contribution in [2.24, 2.45) is 0 Å². The topological polar surface area (TPSA) is 65.8 Å². The molecule has 6 rings (SSSR count). The van der Waals surface area contributed by atoms with Crippen LogP contribution in [0.3, 0.4) is 0 Å². The fourth-order valence-electron chi connectivity index (χ4n) is 5.13. The molecule has 2 aliphatic rings. The summed E-state index contributed by atoms with van der Waals surface area (Å²) in [4.78, 5) is 19.9. The van der Waals surface area contributed by atoms with Crippen LogP contribution in [-0.4, -0.2) is 35.4 Å². The second-order valence-corrected chi connectivity index (χ2v) is 10.7.